The molecule has 5 nitrogen and oxygen atoms in total. The third-order valence-corrected chi connectivity index (χ3v) is 3.87. The van der Waals surface area contributed by atoms with Crippen LogP contribution in [0, 0.1) is 5.82 Å². The van der Waals surface area contributed by atoms with Gasteiger partial charge in [0.15, 0.2) is 0 Å². The molecule has 2 N–H and O–H groups in total. The van der Waals surface area contributed by atoms with E-state index in [2.05, 4.69) is 20.6 Å². The number of anilines is 2. The first kappa shape index (κ1) is 17.8. The Balaban J connectivity index is 1.51. The van der Waals surface area contributed by atoms with E-state index < -0.39 is 0 Å². The summed E-state index contributed by atoms with van der Waals surface area (Å²) in [5.41, 5.74) is 1.99. The Bertz CT molecular complexity index is 868. The lowest BCUT2D eigenvalue weighted by Gasteiger charge is -2.07. The maximum Gasteiger partial charge on any atom is 0.271 e. The molecule has 132 valence electrons. The number of amides is 1. The fourth-order valence-corrected chi connectivity index (χ4v) is 2.38. The highest BCUT2D eigenvalue weighted by Gasteiger charge is 2.08. The molecule has 0 radical (unpaired) electrons. The largest absolute Gasteiger partial charge is 0.350 e. The number of rotatable bonds is 6. The van der Waals surface area contributed by atoms with Gasteiger partial charge in [-0.2, -0.15) is 0 Å². The number of benzene rings is 2. The van der Waals surface area contributed by atoms with E-state index in [4.69, 9.17) is 11.6 Å². The highest BCUT2D eigenvalue weighted by Crippen LogP contribution is 2.14. The molecule has 1 aromatic heterocycles. The third kappa shape index (κ3) is 5.00. The number of nitrogens with zero attached hydrogens (tertiary/aromatic N) is 2. The molecular weight excluding hydrogens is 355 g/mol. The van der Waals surface area contributed by atoms with Gasteiger partial charge in [0.2, 0.25) is 0 Å². The second kappa shape index (κ2) is 8.40. The summed E-state index contributed by atoms with van der Waals surface area (Å²) in [7, 11) is 0. The van der Waals surface area contributed by atoms with Crippen LogP contribution >= 0.6 is 11.6 Å². The molecule has 0 fully saturated rings. The number of carbonyl (C=O) groups is 1. The zero-order chi connectivity index (χ0) is 18.4. The van der Waals surface area contributed by atoms with Crippen LogP contribution in [0.5, 0.6) is 0 Å². The Kier molecular flexibility index (Phi) is 5.76. The van der Waals surface area contributed by atoms with Gasteiger partial charge in [0.25, 0.3) is 5.91 Å². The van der Waals surface area contributed by atoms with Crippen molar-refractivity contribution in [3.63, 3.8) is 0 Å². The van der Waals surface area contributed by atoms with Crippen LogP contribution in [0.3, 0.4) is 0 Å². The van der Waals surface area contributed by atoms with E-state index in [1.807, 2.05) is 24.3 Å². The number of aromatic nitrogens is 2. The van der Waals surface area contributed by atoms with Gasteiger partial charge in [0, 0.05) is 17.3 Å². The quantitative estimate of drug-likeness (QED) is 0.688. The monoisotopic (exact) mass is 370 g/mol. The van der Waals surface area contributed by atoms with Crippen molar-refractivity contribution in [2.75, 3.05) is 11.9 Å². The average Bonchev–Trinajstić information content (AvgIpc) is 2.66. The topological polar surface area (TPSA) is 66.9 Å². The predicted molar refractivity (Wildman–Crippen MR) is 99.2 cm³/mol. The van der Waals surface area contributed by atoms with Crippen LogP contribution in [0.25, 0.3) is 0 Å². The van der Waals surface area contributed by atoms with Crippen molar-refractivity contribution in [3.8, 4) is 0 Å². The molecule has 26 heavy (non-hydrogen) atoms. The molecule has 0 spiro atoms. The van der Waals surface area contributed by atoms with Gasteiger partial charge in [-0.05, 0) is 48.4 Å². The van der Waals surface area contributed by atoms with Crippen LogP contribution in [-0.2, 0) is 6.42 Å². The van der Waals surface area contributed by atoms with Crippen LogP contribution in [0.4, 0.5) is 15.9 Å². The van der Waals surface area contributed by atoms with Gasteiger partial charge < -0.3 is 10.6 Å². The maximum atomic E-state index is 12.9. The Morgan fingerprint density at radius 1 is 1.00 bits per heavy atom. The van der Waals surface area contributed by atoms with Crippen molar-refractivity contribution < 1.29 is 9.18 Å². The first-order valence-electron chi connectivity index (χ1n) is 7.97. The molecular formula is C19H16ClFN4O. The van der Waals surface area contributed by atoms with Gasteiger partial charge in [-0.25, -0.2) is 14.4 Å². The highest BCUT2D eigenvalue weighted by atomic mass is 35.5. The van der Waals surface area contributed by atoms with Crippen molar-refractivity contribution in [1.29, 1.82) is 0 Å². The van der Waals surface area contributed by atoms with Crippen LogP contribution in [0.2, 0.25) is 5.02 Å². The molecule has 0 saturated carbocycles. The Morgan fingerprint density at radius 3 is 2.38 bits per heavy atom. The number of hydrogen-bond donors (Lipinski definition) is 2. The number of hydrogen-bond acceptors (Lipinski definition) is 4. The molecule has 0 bridgehead atoms. The normalized spacial score (nSPS) is 10.4. The number of halogens is 2. The highest BCUT2D eigenvalue weighted by molar-refractivity contribution is 6.30. The van der Waals surface area contributed by atoms with Crippen molar-refractivity contribution in [2.45, 2.75) is 6.42 Å². The first-order valence-corrected chi connectivity index (χ1v) is 8.35. The Morgan fingerprint density at radius 2 is 1.73 bits per heavy atom. The molecule has 7 heteroatoms. The van der Waals surface area contributed by atoms with E-state index in [1.54, 1.807) is 12.1 Å². The number of nitrogens with one attached hydrogen (secondary N) is 2. The van der Waals surface area contributed by atoms with E-state index in [0.717, 1.165) is 5.56 Å². The summed E-state index contributed by atoms with van der Waals surface area (Å²) in [6.07, 6.45) is 3.54. The van der Waals surface area contributed by atoms with Gasteiger partial charge in [-0.3, -0.25) is 4.79 Å². The molecule has 0 aliphatic rings. The zero-order valence-corrected chi connectivity index (χ0v) is 14.5. The summed E-state index contributed by atoms with van der Waals surface area (Å²) < 4.78 is 12.9. The molecule has 0 unspecified atom stereocenters. The van der Waals surface area contributed by atoms with Gasteiger partial charge in [-0.15, -0.1) is 0 Å². The van der Waals surface area contributed by atoms with E-state index in [-0.39, 0.29) is 17.4 Å². The van der Waals surface area contributed by atoms with Crippen LogP contribution in [-0.4, -0.2) is 22.4 Å². The minimum atomic E-state index is -0.313. The van der Waals surface area contributed by atoms with Gasteiger partial charge >= 0.3 is 0 Å². The average molecular weight is 371 g/mol. The predicted octanol–water partition coefficient (Wildman–Crippen LogP) is 3.99. The Labute approximate surface area is 155 Å². The molecule has 3 aromatic rings. The van der Waals surface area contributed by atoms with Crippen molar-refractivity contribution in [1.82, 2.24) is 15.3 Å². The fraction of sp³-hybridized carbons (Fsp3) is 0.105. The molecule has 2 aromatic carbocycles. The van der Waals surface area contributed by atoms with Gasteiger partial charge in [0.05, 0.1) is 12.4 Å². The van der Waals surface area contributed by atoms with E-state index in [0.29, 0.717) is 29.5 Å². The summed E-state index contributed by atoms with van der Waals surface area (Å²) in [6.45, 7) is 0.484. The second-order valence-corrected chi connectivity index (χ2v) is 5.99. The molecule has 0 aliphatic carbocycles. The third-order valence-electron chi connectivity index (χ3n) is 3.61. The lowest BCUT2D eigenvalue weighted by molar-refractivity contribution is 0.0949. The smallest absolute Gasteiger partial charge is 0.271 e. The van der Waals surface area contributed by atoms with Crippen LogP contribution in [0.15, 0.2) is 60.9 Å². The minimum absolute atomic E-state index is 0.228. The van der Waals surface area contributed by atoms with Crippen molar-refractivity contribution in [3.05, 3.63) is 83.0 Å². The van der Waals surface area contributed by atoms with Crippen molar-refractivity contribution in [2.24, 2.45) is 0 Å². The minimum Gasteiger partial charge on any atom is -0.350 e. The SMILES string of the molecule is O=C(NCCc1ccc(Cl)cc1)c1cnc(Nc2ccc(F)cc2)cn1. The van der Waals surface area contributed by atoms with Crippen LogP contribution in [0.1, 0.15) is 16.1 Å². The second-order valence-electron chi connectivity index (χ2n) is 5.55. The van der Waals surface area contributed by atoms with E-state index >= 15 is 0 Å². The Hall–Kier alpha value is -2.99. The summed E-state index contributed by atoms with van der Waals surface area (Å²) in [5.74, 6) is -0.138. The molecule has 3 rings (SSSR count). The van der Waals surface area contributed by atoms with Gasteiger partial charge in [-0.1, -0.05) is 23.7 Å². The maximum absolute atomic E-state index is 12.9. The van der Waals surface area contributed by atoms with Gasteiger partial charge in [0.1, 0.15) is 17.3 Å². The van der Waals surface area contributed by atoms with Crippen LogP contribution < -0.4 is 10.6 Å². The summed E-state index contributed by atoms with van der Waals surface area (Å²) >= 11 is 5.84. The summed E-state index contributed by atoms with van der Waals surface area (Å²) in [6, 6.07) is 13.3. The first-order chi connectivity index (χ1) is 12.6. The molecule has 0 aliphatic heterocycles. The van der Waals surface area contributed by atoms with E-state index in [9.17, 15) is 9.18 Å². The lowest BCUT2D eigenvalue weighted by atomic mass is 10.1. The standard InChI is InChI=1S/C19H16ClFN4O/c20-14-3-1-13(2-4-14)9-10-22-19(26)17-11-24-18(12-23-17)25-16-7-5-15(21)6-8-16/h1-8,11-12H,9-10H2,(H,22,26)(H,24,25). The zero-order valence-electron chi connectivity index (χ0n) is 13.7. The fourth-order valence-electron chi connectivity index (χ4n) is 2.25. The molecule has 1 amide bonds. The lowest BCUT2D eigenvalue weighted by Crippen LogP contribution is -2.26. The van der Waals surface area contributed by atoms with Crippen molar-refractivity contribution >= 4 is 29.0 Å². The summed E-state index contributed by atoms with van der Waals surface area (Å²) in [4.78, 5) is 20.4. The molecule has 1 heterocycles. The molecule has 0 atom stereocenters. The molecule has 0 saturated heterocycles. The number of carbonyl (C=O) groups excluding carboxylic acids is 1. The summed E-state index contributed by atoms with van der Waals surface area (Å²) in [5, 5.41) is 6.47. The van der Waals surface area contributed by atoms with E-state index in [1.165, 1.54) is 24.5 Å².